The highest BCUT2D eigenvalue weighted by molar-refractivity contribution is 4.94. The van der Waals surface area contributed by atoms with Gasteiger partial charge in [0.2, 0.25) is 0 Å². The standard InChI is InChI=1S/C15H28N4O/c1-4-18-7-6-16-15(18)12-17-8-9-19(13(2)3)14(11-17)5-10-20/h6-7,13-14,20H,4-5,8-12H2,1-3H3/t14-/m0/s1. The summed E-state index contributed by atoms with van der Waals surface area (Å²) in [5, 5.41) is 9.28. The van der Waals surface area contributed by atoms with Gasteiger partial charge in [0, 0.05) is 57.3 Å². The summed E-state index contributed by atoms with van der Waals surface area (Å²) in [5.74, 6) is 1.15. The molecule has 20 heavy (non-hydrogen) atoms. The lowest BCUT2D eigenvalue weighted by atomic mass is 10.1. The zero-order valence-corrected chi connectivity index (χ0v) is 13.0. The van der Waals surface area contributed by atoms with Crippen molar-refractivity contribution in [3.63, 3.8) is 0 Å². The van der Waals surface area contributed by atoms with E-state index in [9.17, 15) is 5.11 Å². The number of hydrogen-bond donors (Lipinski definition) is 1. The van der Waals surface area contributed by atoms with Gasteiger partial charge in [-0.25, -0.2) is 4.98 Å². The predicted molar refractivity (Wildman–Crippen MR) is 80.5 cm³/mol. The van der Waals surface area contributed by atoms with Crippen LogP contribution in [0.1, 0.15) is 33.0 Å². The van der Waals surface area contributed by atoms with Gasteiger partial charge in [0.05, 0.1) is 6.54 Å². The highest BCUT2D eigenvalue weighted by Gasteiger charge is 2.28. The smallest absolute Gasteiger partial charge is 0.122 e. The quantitative estimate of drug-likeness (QED) is 0.850. The van der Waals surface area contributed by atoms with Gasteiger partial charge in [-0.2, -0.15) is 0 Å². The molecular formula is C15H28N4O. The molecule has 0 aliphatic carbocycles. The van der Waals surface area contributed by atoms with Crippen molar-refractivity contribution in [3.8, 4) is 0 Å². The molecule has 1 fully saturated rings. The van der Waals surface area contributed by atoms with Crippen LogP contribution in [0.4, 0.5) is 0 Å². The normalized spacial score (nSPS) is 21.8. The van der Waals surface area contributed by atoms with Crippen LogP contribution in [-0.4, -0.2) is 62.8 Å². The third kappa shape index (κ3) is 3.59. The first kappa shape index (κ1) is 15.5. The summed E-state index contributed by atoms with van der Waals surface area (Å²) in [6.07, 6.45) is 4.79. The van der Waals surface area contributed by atoms with E-state index in [4.69, 9.17) is 0 Å². The number of piperazine rings is 1. The van der Waals surface area contributed by atoms with E-state index in [0.29, 0.717) is 12.1 Å². The number of imidazole rings is 1. The van der Waals surface area contributed by atoms with Crippen LogP contribution in [0.5, 0.6) is 0 Å². The molecule has 1 aliphatic rings. The molecule has 0 saturated carbocycles. The van der Waals surface area contributed by atoms with Gasteiger partial charge in [-0.3, -0.25) is 9.80 Å². The fraction of sp³-hybridized carbons (Fsp3) is 0.800. The predicted octanol–water partition coefficient (Wildman–Crippen LogP) is 1.18. The van der Waals surface area contributed by atoms with Gasteiger partial charge < -0.3 is 9.67 Å². The maximum absolute atomic E-state index is 9.28. The number of aryl methyl sites for hydroxylation is 1. The highest BCUT2D eigenvalue weighted by Crippen LogP contribution is 2.17. The third-order valence-electron chi connectivity index (χ3n) is 4.25. The molecule has 5 heteroatoms. The van der Waals surface area contributed by atoms with Crippen LogP contribution in [0.3, 0.4) is 0 Å². The van der Waals surface area contributed by atoms with Crippen molar-refractivity contribution in [1.29, 1.82) is 0 Å². The van der Waals surface area contributed by atoms with Crippen molar-refractivity contribution in [2.24, 2.45) is 0 Å². The number of rotatable bonds is 6. The topological polar surface area (TPSA) is 44.5 Å². The summed E-state index contributed by atoms with van der Waals surface area (Å²) in [6, 6.07) is 1.00. The number of aliphatic hydroxyl groups is 1. The summed E-state index contributed by atoms with van der Waals surface area (Å²) in [7, 11) is 0. The van der Waals surface area contributed by atoms with Gasteiger partial charge in [0.1, 0.15) is 5.82 Å². The molecule has 1 aliphatic heterocycles. The van der Waals surface area contributed by atoms with Crippen molar-refractivity contribution >= 4 is 0 Å². The Morgan fingerprint density at radius 1 is 1.40 bits per heavy atom. The van der Waals surface area contributed by atoms with E-state index in [0.717, 1.165) is 45.0 Å². The van der Waals surface area contributed by atoms with Crippen molar-refractivity contribution in [3.05, 3.63) is 18.2 Å². The summed E-state index contributed by atoms with van der Waals surface area (Å²) >= 11 is 0. The molecule has 0 amide bonds. The summed E-state index contributed by atoms with van der Waals surface area (Å²) in [6.45, 7) is 12.0. The molecule has 1 saturated heterocycles. The number of aliphatic hydroxyl groups excluding tert-OH is 1. The maximum Gasteiger partial charge on any atom is 0.122 e. The van der Waals surface area contributed by atoms with Crippen LogP contribution in [-0.2, 0) is 13.1 Å². The Morgan fingerprint density at radius 2 is 2.20 bits per heavy atom. The average Bonchev–Trinajstić information content (AvgIpc) is 2.86. The third-order valence-corrected chi connectivity index (χ3v) is 4.25. The Hall–Kier alpha value is -0.910. The van der Waals surface area contributed by atoms with Gasteiger partial charge in [0.25, 0.3) is 0 Å². The summed E-state index contributed by atoms with van der Waals surface area (Å²) in [4.78, 5) is 9.44. The molecule has 5 nitrogen and oxygen atoms in total. The molecule has 2 heterocycles. The van der Waals surface area contributed by atoms with Gasteiger partial charge in [-0.15, -0.1) is 0 Å². The van der Waals surface area contributed by atoms with E-state index < -0.39 is 0 Å². The molecular weight excluding hydrogens is 252 g/mol. The Labute approximate surface area is 122 Å². The lowest BCUT2D eigenvalue weighted by molar-refractivity contribution is 0.0334. The molecule has 2 rings (SSSR count). The van der Waals surface area contributed by atoms with Gasteiger partial charge in [-0.1, -0.05) is 0 Å². The molecule has 1 aromatic rings. The van der Waals surface area contributed by atoms with E-state index in [2.05, 4.69) is 40.1 Å². The second-order valence-electron chi connectivity index (χ2n) is 5.86. The minimum atomic E-state index is 0.269. The molecule has 0 radical (unpaired) electrons. The summed E-state index contributed by atoms with van der Waals surface area (Å²) < 4.78 is 2.20. The van der Waals surface area contributed by atoms with Crippen LogP contribution in [0.15, 0.2) is 12.4 Å². The minimum absolute atomic E-state index is 0.269. The second-order valence-corrected chi connectivity index (χ2v) is 5.86. The van der Waals surface area contributed by atoms with Crippen LogP contribution in [0.2, 0.25) is 0 Å². The maximum atomic E-state index is 9.28. The lowest BCUT2D eigenvalue weighted by Crippen LogP contribution is -2.55. The molecule has 114 valence electrons. The molecule has 0 unspecified atom stereocenters. The Balaban J connectivity index is 1.97. The van der Waals surface area contributed by atoms with Gasteiger partial charge >= 0.3 is 0 Å². The van der Waals surface area contributed by atoms with Crippen LogP contribution >= 0.6 is 0 Å². The molecule has 1 atom stereocenters. The van der Waals surface area contributed by atoms with Crippen molar-refractivity contribution in [2.75, 3.05) is 26.2 Å². The largest absolute Gasteiger partial charge is 0.396 e. The Bertz CT molecular complexity index is 404. The Kier molecular flexibility index (Phi) is 5.57. The molecule has 0 aromatic carbocycles. The number of nitrogens with zero attached hydrogens (tertiary/aromatic N) is 4. The average molecular weight is 280 g/mol. The van der Waals surface area contributed by atoms with E-state index in [1.165, 1.54) is 0 Å². The fourth-order valence-electron chi connectivity index (χ4n) is 3.14. The first-order valence-corrected chi connectivity index (χ1v) is 7.74. The van der Waals surface area contributed by atoms with E-state index >= 15 is 0 Å². The van der Waals surface area contributed by atoms with Crippen LogP contribution in [0, 0.1) is 0 Å². The van der Waals surface area contributed by atoms with Crippen molar-refractivity contribution < 1.29 is 5.11 Å². The second kappa shape index (κ2) is 7.20. The molecule has 0 spiro atoms. The van der Waals surface area contributed by atoms with Crippen molar-refractivity contribution in [1.82, 2.24) is 19.4 Å². The monoisotopic (exact) mass is 280 g/mol. The fourth-order valence-corrected chi connectivity index (χ4v) is 3.14. The minimum Gasteiger partial charge on any atom is -0.396 e. The van der Waals surface area contributed by atoms with E-state index in [-0.39, 0.29) is 6.61 Å². The van der Waals surface area contributed by atoms with Gasteiger partial charge in [-0.05, 0) is 27.2 Å². The first-order valence-electron chi connectivity index (χ1n) is 7.74. The van der Waals surface area contributed by atoms with Crippen LogP contribution < -0.4 is 0 Å². The molecule has 1 aromatic heterocycles. The first-order chi connectivity index (χ1) is 9.65. The van der Waals surface area contributed by atoms with Crippen molar-refractivity contribution in [2.45, 2.75) is 52.4 Å². The van der Waals surface area contributed by atoms with Gasteiger partial charge in [0.15, 0.2) is 0 Å². The summed E-state index contributed by atoms with van der Waals surface area (Å²) in [5.41, 5.74) is 0. The SMILES string of the molecule is CCn1ccnc1CN1CCN(C(C)C)[C@@H](CCO)C1. The lowest BCUT2D eigenvalue weighted by Gasteiger charge is -2.43. The Morgan fingerprint density at radius 3 is 2.85 bits per heavy atom. The molecule has 1 N–H and O–H groups in total. The highest BCUT2D eigenvalue weighted by atomic mass is 16.3. The zero-order valence-electron chi connectivity index (χ0n) is 13.0. The molecule has 0 bridgehead atoms. The van der Waals surface area contributed by atoms with E-state index in [1.54, 1.807) is 0 Å². The zero-order chi connectivity index (χ0) is 14.5. The van der Waals surface area contributed by atoms with Crippen LogP contribution in [0.25, 0.3) is 0 Å². The number of hydrogen-bond acceptors (Lipinski definition) is 4. The number of aromatic nitrogens is 2. The van der Waals surface area contributed by atoms with E-state index in [1.807, 2.05) is 12.4 Å².